The maximum Gasteiger partial charge on any atom is 0.346 e. The van der Waals surface area contributed by atoms with Gasteiger partial charge in [0.25, 0.3) is 0 Å². The predicted molar refractivity (Wildman–Crippen MR) is 111 cm³/mol. The first-order chi connectivity index (χ1) is 13.7. The lowest BCUT2D eigenvalue weighted by Crippen LogP contribution is -2.24. The van der Waals surface area contributed by atoms with E-state index in [0.29, 0.717) is 17.3 Å². The number of aryl methyl sites for hydroxylation is 1. The van der Waals surface area contributed by atoms with E-state index in [9.17, 15) is 14.7 Å². The Labute approximate surface area is 173 Å². The lowest BCUT2D eigenvalue weighted by molar-refractivity contribution is -0.147. The largest absolute Gasteiger partial charge is 0.479 e. The molecular formula is C22H22ClNO5. The number of aromatic nitrogens is 1. The van der Waals surface area contributed by atoms with Gasteiger partial charge in [-0.25, -0.2) is 9.59 Å². The molecule has 1 aromatic heterocycles. The van der Waals surface area contributed by atoms with Gasteiger partial charge in [-0.05, 0) is 68.3 Å². The molecule has 0 saturated heterocycles. The first-order valence-electron chi connectivity index (χ1n) is 9.08. The number of methoxy groups -OCH3 is 1. The van der Waals surface area contributed by atoms with Gasteiger partial charge in [0.15, 0.2) is 6.10 Å². The van der Waals surface area contributed by atoms with Gasteiger partial charge in [-0.1, -0.05) is 11.6 Å². The number of benzene rings is 2. The average molecular weight is 416 g/mol. The number of ether oxygens (including phenoxy) is 2. The van der Waals surface area contributed by atoms with Crippen LogP contribution in [0.1, 0.15) is 34.1 Å². The Kier molecular flexibility index (Phi) is 5.84. The van der Waals surface area contributed by atoms with E-state index in [2.05, 4.69) is 4.57 Å². The number of carbonyl (C=O) groups excluding carboxylic acids is 1. The van der Waals surface area contributed by atoms with Crippen molar-refractivity contribution in [3.05, 3.63) is 63.8 Å². The molecule has 0 unspecified atom stereocenters. The quantitative estimate of drug-likeness (QED) is 0.595. The second-order valence-corrected chi connectivity index (χ2v) is 7.35. The highest BCUT2D eigenvalue weighted by atomic mass is 35.5. The summed E-state index contributed by atoms with van der Waals surface area (Å²) < 4.78 is 12.5. The molecule has 0 aliphatic carbocycles. The van der Waals surface area contributed by atoms with Crippen LogP contribution in [0.15, 0.2) is 36.4 Å². The fraction of sp³-hybridized carbons (Fsp3) is 0.273. The zero-order chi connectivity index (χ0) is 21.3. The number of aromatic carboxylic acids is 1. The van der Waals surface area contributed by atoms with Gasteiger partial charge in [0.05, 0.1) is 12.7 Å². The zero-order valence-corrected chi connectivity index (χ0v) is 17.4. The molecule has 0 radical (unpaired) electrons. The molecule has 1 N–H and O–H groups in total. The number of carboxylic acid groups (broad SMARTS) is 1. The molecule has 0 amide bonds. The van der Waals surface area contributed by atoms with Gasteiger partial charge < -0.3 is 19.1 Å². The molecule has 0 bridgehead atoms. The van der Waals surface area contributed by atoms with E-state index in [0.717, 1.165) is 27.7 Å². The summed E-state index contributed by atoms with van der Waals surface area (Å²) in [6.07, 6.45) is -0.753. The van der Waals surface area contributed by atoms with Crippen LogP contribution in [0.5, 0.6) is 5.75 Å². The summed E-state index contributed by atoms with van der Waals surface area (Å²) in [6, 6.07) is 10.4. The Bertz CT molecular complexity index is 1100. The van der Waals surface area contributed by atoms with Crippen LogP contribution in [0.2, 0.25) is 5.02 Å². The second-order valence-electron chi connectivity index (χ2n) is 6.91. The molecule has 0 aliphatic heterocycles. The van der Waals surface area contributed by atoms with Gasteiger partial charge in [-0.15, -0.1) is 0 Å². The van der Waals surface area contributed by atoms with Crippen molar-refractivity contribution in [1.29, 1.82) is 0 Å². The number of carboxylic acids is 1. The first kappa shape index (κ1) is 20.7. The van der Waals surface area contributed by atoms with Crippen molar-refractivity contribution in [2.75, 3.05) is 7.11 Å². The molecule has 1 heterocycles. The van der Waals surface area contributed by atoms with Crippen LogP contribution in [0.25, 0.3) is 10.9 Å². The minimum Gasteiger partial charge on any atom is -0.479 e. The van der Waals surface area contributed by atoms with E-state index in [1.165, 1.54) is 7.11 Å². The lowest BCUT2D eigenvalue weighted by atomic mass is 10.1. The van der Waals surface area contributed by atoms with Crippen molar-refractivity contribution in [3.8, 4) is 5.75 Å². The molecule has 0 spiro atoms. The molecule has 152 valence electrons. The third kappa shape index (κ3) is 4.22. The molecule has 3 aromatic rings. The van der Waals surface area contributed by atoms with E-state index in [1.807, 2.05) is 32.0 Å². The van der Waals surface area contributed by atoms with Gasteiger partial charge in [-0.2, -0.15) is 0 Å². The molecule has 29 heavy (non-hydrogen) atoms. The predicted octanol–water partition coefficient (Wildman–Crippen LogP) is 4.60. The highest BCUT2D eigenvalue weighted by molar-refractivity contribution is 6.30. The highest BCUT2D eigenvalue weighted by Gasteiger charge is 2.17. The second kappa shape index (κ2) is 8.17. The SMILES string of the molecule is COC(=O)[C@H](C)Oc1cc(Cl)cc(Cn2c(C)c(C)c3cc(C(=O)O)ccc32)c1. The summed E-state index contributed by atoms with van der Waals surface area (Å²) in [5.74, 6) is -0.943. The number of rotatable bonds is 6. The van der Waals surface area contributed by atoms with Crippen LogP contribution in [0.3, 0.4) is 0 Å². The smallest absolute Gasteiger partial charge is 0.346 e. The Morgan fingerprint density at radius 2 is 1.90 bits per heavy atom. The number of hydrogen-bond donors (Lipinski definition) is 1. The molecular weight excluding hydrogens is 394 g/mol. The van der Waals surface area contributed by atoms with Crippen LogP contribution in [-0.2, 0) is 16.1 Å². The van der Waals surface area contributed by atoms with Crippen molar-refractivity contribution < 1.29 is 24.2 Å². The molecule has 0 fully saturated rings. The fourth-order valence-electron chi connectivity index (χ4n) is 3.37. The topological polar surface area (TPSA) is 77.8 Å². The van der Waals surface area contributed by atoms with Gasteiger partial charge >= 0.3 is 11.9 Å². The van der Waals surface area contributed by atoms with Crippen molar-refractivity contribution >= 4 is 34.4 Å². The summed E-state index contributed by atoms with van der Waals surface area (Å²) >= 11 is 6.26. The Balaban J connectivity index is 1.98. The van der Waals surface area contributed by atoms with Crippen molar-refractivity contribution in [1.82, 2.24) is 4.57 Å². The Morgan fingerprint density at radius 3 is 2.55 bits per heavy atom. The Morgan fingerprint density at radius 1 is 1.17 bits per heavy atom. The van der Waals surface area contributed by atoms with Crippen LogP contribution in [-0.4, -0.2) is 34.8 Å². The number of halogens is 1. The number of fused-ring (bicyclic) bond motifs is 1. The summed E-state index contributed by atoms with van der Waals surface area (Å²) in [5.41, 5.74) is 4.16. The normalized spacial score (nSPS) is 12.0. The number of hydrogen-bond acceptors (Lipinski definition) is 4. The zero-order valence-electron chi connectivity index (χ0n) is 16.7. The Hall–Kier alpha value is -2.99. The molecule has 7 heteroatoms. The van der Waals surface area contributed by atoms with Crippen LogP contribution in [0, 0.1) is 13.8 Å². The van der Waals surface area contributed by atoms with Gasteiger partial charge in [-0.3, -0.25) is 0 Å². The third-order valence-electron chi connectivity index (χ3n) is 5.00. The van der Waals surface area contributed by atoms with Crippen LogP contribution < -0.4 is 4.74 Å². The summed E-state index contributed by atoms with van der Waals surface area (Å²) in [7, 11) is 1.31. The number of esters is 1. The van der Waals surface area contributed by atoms with E-state index >= 15 is 0 Å². The van der Waals surface area contributed by atoms with E-state index in [1.54, 1.807) is 25.1 Å². The van der Waals surface area contributed by atoms with Crippen molar-refractivity contribution in [2.45, 2.75) is 33.4 Å². The molecule has 6 nitrogen and oxygen atoms in total. The third-order valence-corrected chi connectivity index (χ3v) is 5.22. The standard InChI is InChI=1S/C22H22ClNO5/c1-12-13(2)24(20-6-5-16(21(25)26)9-19(12)20)11-15-7-17(23)10-18(8-15)29-14(3)22(27)28-4/h5-10,14H,11H2,1-4H3,(H,25,26)/t14-/m0/s1. The highest BCUT2D eigenvalue weighted by Crippen LogP contribution is 2.29. The first-order valence-corrected chi connectivity index (χ1v) is 9.45. The molecule has 0 aliphatic rings. The summed E-state index contributed by atoms with van der Waals surface area (Å²) in [4.78, 5) is 22.9. The van der Waals surface area contributed by atoms with Crippen molar-refractivity contribution in [3.63, 3.8) is 0 Å². The fourth-order valence-corrected chi connectivity index (χ4v) is 3.62. The summed E-state index contributed by atoms with van der Waals surface area (Å²) in [5, 5.41) is 10.7. The van der Waals surface area contributed by atoms with Gasteiger partial charge in [0, 0.05) is 28.2 Å². The van der Waals surface area contributed by atoms with Crippen LogP contribution in [0.4, 0.5) is 0 Å². The van der Waals surface area contributed by atoms with E-state index in [-0.39, 0.29) is 5.56 Å². The number of carbonyl (C=O) groups is 2. The molecule has 2 aromatic carbocycles. The average Bonchev–Trinajstić information content (AvgIpc) is 2.91. The van der Waals surface area contributed by atoms with E-state index < -0.39 is 18.0 Å². The molecule has 1 atom stereocenters. The van der Waals surface area contributed by atoms with Crippen LogP contribution >= 0.6 is 11.6 Å². The lowest BCUT2D eigenvalue weighted by Gasteiger charge is -2.15. The number of nitrogens with zero attached hydrogens (tertiary/aromatic N) is 1. The maximum atomic E-state index is 11.6. The molecule has 3 rings (SSSR count). The molecule has 0 saturated carbocycles. The van der Waals surface area contributed by atoms with Crippen molar-refractivity contribution in [2.24, 2.45) is 0 Å². The minimum absolute atomic E-state index is 0.257. The minimum atomic E-state index is -0.951. The van der Waals surface area contributed by atoms with Gasteiger partial charge in [0.2, 0.25) is 0 Å². The van der Waals surface area contributed by atoms with Gasteiger partial charge in [0.1, 0.15) is 5.75 Å². The maximum absolute atomic E-state index is 11.6. The monoisotopic (exact) mass is 415 g/mol. The van der Waals surface area contributed by atoms with E-state index in [4.69, 9.17) is 21.1 Å². The summed E-state index contributed by atoms with van der Waals surface area (Å²) in [6.45, 7) is 6.10.